The van der Waals surface area contributed by atoms with E-state index in [-0.39, 0.29) is 17.9 Å². The van der Waals surface area contributed by atoms with E-state index in [2.05, 4.69) is 10.9 Å². The molecule has 52 valence electrons. The van der Waals surface area contributed by atoms with Crippen molar-refractivity contribution < 1.29 is 4.79 Å². The Bertz CT molecular complexity index is 220. The molecule has 3 heteroatoms. The quantitative estimate of drug-likeness (QED) is 0.481. The Labute approximate surface area is 58.8 Å². The SMILES string of the molecule is O=C1NNC2C=CC=CC12. The van der Waals surface area contributed by atoms with Crippen LogP contribution in [0.15, 0.2) is 24.3 Å². The van der Waals surface area contributed by atoms with Crippen molar-refractivity contribution in [2.45, 2.75) is 6.04 Å². The van der Waals surface area contributed by atoms with Gasteiger partial charge in [-0.05, 0) is 0 Å². The van der Waals surface area contributed by atoms with E-state index >= 15 is 0 Å². The van der Waals surface area contributed by atoms with Crippen molar-refractivity contribution >= 4 is 5.91 Å². The first-order chi connectivity index (χ1) is 4.88. The number of hydrogen-bond acceptors (Lipinski definition) is 2. The van der Waals surface area contributed by atoms with Gasteiger partial charge in [0.25, 0.3) is 0 Å². The van der Waals surface area contributed by atoms with Gasteiger partial charge in [0.2, 0.25) is 5.91 Å². The van der Waals surface area contributed by atoms with Crippen LogP contribution in [0.5, 0.6) is 0 Å². The molecule has 3 nitrogen and oxygen atoms in total. The molecule has 2 rings (SSSR count). The largest absolute Gasteiger partial charge is 0.290 e. The second-order valence-corrected chi connectivity index (χ2v) is 2.45. The second kappa shape index (κ2) is 1.95. The van der Waals surface area contributed by atoms with Gasteiger partial charge in [0.1, 0.15) is 0 Å². The zero-order valence-electron chi connectivity index (χ0n) is 5.37. The third-order valence-corrected chi connectivity index (χ3v) is 1.80. The summed E-state index contributed by atoms with van der Waals surface area (Å²) >= 11 is 0. The lowest BCUT2D eigenvalue weighted by atomic mass is 9.97. The monoisotopic (exact) mass is 136 g/mol. The summed E-state index contributed by atoms with van der Waals surface area (Å²) in [5.74, 6) is 0.0654. The van der Waals surface area contributed by atoms with Gasteiger partial charge in [-0.2, -0.15) is 0 Å². The number of amides is 1. The van der Waals surface area contributed by atoms with Gasteiger partial charge >= 0.3 is 0 Å². The van der Waals surface area contributed by atoms with Gasteiger partial charge in [0, 0.05) is 0 Å². The first-order valence-electron chi connectivity index (χ1n) is 3.28. The fourth-order valence-corrected chi connectivity index (χ4v) is 1.23. The van der Waals surface area contributed by atoms with Crippen LogP contribution in [0.25, 0.3) is 0 Å². The van der Waals surface area contributed by atoms with E-state index in [1.807, 2.05) is 24.3 Å². The minimum Gasteiger partial charge on any atom is -0.290 e. The molecule has 0 bridgehead atoms. The summed E-state index contributed by atoms with van der Waals surface area (Å²) in [7, 11) is 0. The Balaban J connectivity index is 2.27. The average Bonchev–Trinajstić information content (AvgIpc) is 2.34. The number of nitrogens with one attached hydrogen (secondary N) is 2. The number of carbonyl (C=O) groups excluding carboxylic acids is 1. The molecule has 0 saturated carbocycles. The predicted molar refractivity (Wildman–Crippen MR) is 36.8 cm³/mol. The van der Waals surface area contributed by atoms with Crippen molar-refractivity contribution in [2.75, 3.05) is 0 Å². The fraction of sp³-hybridized carbons (Fsp3) is 0.286. The van der Waals surface area contributed by atoms with Crippen LogP contribution in [-0.4, -0.2) is 11.9 Å². The zero-order chi connectivity index (χ0) is 6.97. The van der Waals surface area contributed by atoms with E-state index in [0.717, 1.165) is 0 Å². The van der Waals surface area contributed by atoms with Crippen molar-refractivity contribution in [1.29, 1.82) is 0 Å². The Kier molecular flexibility index (Phi) is 1.11. The first-order valence-corrected chi connectivity index (χ1v) is 3.28. The molecule has 0 aromatic heterocycles. The minimum atomic E-state index is 0.00463. The highest BCUT2D eigenvalue weighted by Gasteiger charge is 2.31. The van der Waals surface area contributed by atoms with Crippen LogP contribution in [-0.2, 0) is 4.79 Å². The third-order valence-electron chi connectivity index (χ3n) is 1.80. The Hall–Kier alpha value is -1.09. The highest BCUT2D eigenvalue weighted by molar-refractivity contribution is 5.83. The number of fused-ring (bicyclic) bond motifs is 1. The fourth-order valence-electron chi connectivity index (χ4n) is 1.23. The van der Waals surface area contributed by atoms with E-state index in [4.69, 9.17) is 0 Å². The standard InChI is InChI=1S/C7H8N2O/c10-7-5-3-1-2-4-6(5)8-9-7/h1-6,8H,(H,9,10). The van der Waals surface area contributed by atoms with Gasteiger partial charge in [-0.1, -0.05) is 24.3 Å². The molecule has 10 heavy (non-hydrogen) atoms. The number of allylic oxidation sites excluding steroid dienone is 2. The molecule has 2 aliphatic rings. The van der Waals surface area contributed by atoms with Gasteiger partial charge in [-0.25, -0.2) is 5.43 Å². The van der Waals surface area contributed by atoms with E-state index in [1.54, 1.807) is 0 Å². The van der Waals surface area contributed by atoms with Gasteiger partial charge in [0.15, 0.2) is 0 Å². The summed E-state index contributed by atoms with van der Waals surface area (Å²) in [6.07, 6.45) is 7.71. The van der Waals surface area contributed by atoms with Crippen LogP contribution in [0.4, 0.5) is 0 Å². The average molecular weight is 136 g/mol. The van der Waals surface area contributed by atoms with Gasteiger partial charge in [-0.15, -0.1) is 0 Å². The molecule has 1 saturated heterocycles. The lowest BCUT2D eigenvalue weighted by Crippen LogP contribution is -2.30. The van der Waals surface area contributed by atoms with Crippen LogP contribution in [0.1, 0.15) is 0 Å². The Morgan fingerprint density at radius 1 is 1.30 bits per heavy atom. The highest BCUT2D eigenvalue weighted by atomic mass is 16.2. The molecular weight excluding hydrogens is 128 g/mol. The molecule has 1 heterocycles. The first kappa shape index (κ1) is 5.68. The summed E-state index contributed by atoms with van der Waals surface area (Å²) in [6, 6.07) is 0.164. The lowest BCUT2D eigenvalue weighted by molar-refractivity contribution is -0.121. The molecule has 2 unspecified atom stereocenters. The highest BCUT2D eigenvalue weighted by Crippen LogP contribution is 2.15. The second-order valence-electron chi connectivity index (χ2n) is 2.45. The van der Waals surface area contributed by atoms with E-state index in [9.17, 15) is 4.79 Å². The number of rotatable bonds is 0. The zero-order valence-corrected chi connectivity index (χ0v) is 5.37. The van der Waals surface area contributed by atoms with E-state index in [1.165, 1.54) is 0 Å². The van der Waals surface area contributed by atoms with Crippen LogP contribution >= 0.6 is 0 Å². The van der Waals surface area contributed by atoms with Crippen molar-refractivity contribution in [3.8, 4) is 0 Å². The Morgan fingerprint density at radius 2 is 2.10 bits per heavy atom. The molecule has 1 amide bonds. The lowest BCUT2D eigenvalue weighted by Gasteiger charge is -2.09. The van der Waals surface area contributed by atoms with Crippen molar-refractivity contribution in [3.63, 3.8) is 0 Å². The molecule has 0 spiro atoms. The molecule has 0 aromatic carbocycles. The molecule has 1 fully saturated rings. The predicted octanol–water partition coefficient (Wildman–Crippen LogP) is -0.268. The van der Waals surface area contributed by atoms with Crippen molar-refractivity contribution in [3.05, 3.63) is 24.3 Å². The summed E-state index contributed by atoms with van der Waals surface area (Å²) in [5, 5.41) is 0. The molecule has 2 N–H and O–H groups in total. The van der Waals surface area contributed by atoms with Crippen molar-refractivity contribution in [2.24, 2.45) is 5.92 Å². The summed E-state index contributed by atoms with van der Waals surface area (Å²) in [5.41, 5.74) is 5.44. The normalized spacial score (nSPS) is 35.8. The number of carbonyl (C=O) groups is 1. The van der Waals surface area contributed by atoms with E-state index in [0.29, 0.717) is 0 Å². The van der Waals surface area contributed by atoms with Crippen LogP contribution in [0, 0.1) is 5.92 Å². The summed E-state index contributed by atoms with van der Waals surface area (Å²) in [6.45, 7) is 0. The number of hydrazine groups is 1. The molecule has 1 aliphatic carbocycles. The molecule has 1 aliphatic heterocycles. The van der Waals surface area contributed by atoms with E-state index < -0.39 is 0 Å². The van der Waals surface area contributed by atoms with Crippen LogP contribution < -0.4 is 10.9 Å². The third kappa shape index (κ3) is 0.675. The molecule has 0 radical (unpaired) electrons. The number of hydrogen-bond donors (Lipinski definition) is 2. The van der Waals surface area contributed by atoms with Crippen LogP contribution in [0.2, 0.25) is 0 Å². The maximum atomic E-state index is 10.9. The summed E-state index contributed by atoms with van der Waals surface area (Å²) in [4.78, 5) is 10.9. The van der Waals surface area contributed by atoms with Gasteiger partial charge in [-0.3, -0.25) is 10.2 Å². The Morgan fingerprint density at radius 3 is 2.90 bits per heavy atom. The summed E-state index contributed by atoms with van der Waals surface area (Å²) < 4.78 is 0. The molecule has 2 atom stereocenters. The van der Waals surface area contributed by atoms with Gasteiger partial charge < -0.3 is 0 Å². The topological polar surface area (TPSA) is 41.1 Å². The van der Waals surface area contributed by atoms with Crippen LogP contribution in [0.3, 0.4) is 0 Å². The maximum absolute atomic E-state index is 10.9. The van der Waals surface area contributed by atoms with Gasteiger partial charge in [0.05, 0.1) is 12.0 Å². The molecule has 0 aromatic rings. The maximum Gasteiger partial charge on any atom is 0.243 e. The smallest absolute Gasteiger partial charge is 0.243 e. The minimum absolute atomic E-state index is 0.00463. The van der Waals surface area contributed by atoms with Crippen molar-refractivity contribution in [1.82, 2.24) is 10.9 Å². The molecular formula is C7H8N2O.